The number of benzene rings is 1. The van der Waals surface area contributed by atoms with E-state index >= 15 is 0 Å². The van der Waals surface area contributed by atoms with Crippen LogP contribution in [-0.2, 0) is 12.7 Å². The number of carbonyl (C=O) groups excluding carboxylic acids is 1. The molecule has 0 radical (unpaired) electrons. The van der Waals surface area contributed by atoms with E-state index in [-0.39, 0.29) is 5.91 Å². The number of halogens is 3. The molecule has 0 unspecified atom stereocenters. The summed E-state index contributed by atoms with van der Waals surface area (Å²) >= 11 is 2.96. The lowest BCUT2D eigenvalue weighted by atomic mass is 10.1. The van der Waals surface area contributed by atoms with Gasteiger partial charge in [-0.15, -0.1) is 22.7 Å². The molecule has 0 aliphatic carbocycles. The Hall–Kier alpha value is -2.43. The van der Waals surface area contributed by atoms with Crippen molar-refractivity contribution in [3.05, 3.63) is 57.9 Å². The van der Waals surface area contributed by atoms with Gasteiger partial charge in [0.15, 0.2) is 4.96 Å². The molecule has 1 amide bonds. The molecule has 1 saturated heterocycles. The smallest absolute Gasteiger partial charge is 0.335 e. The number of fused-ring (bicyclic) bond motifs is 3. The molecule has 4 aromatic rings. The fourth-order valence-corrected chi connectivity index (χ4v) is 5.49. The van der Waals surface area contributed by atoms with Crippen molar-refractivity contribution in [1.82, 2.24) is 19.2 Å². The predicted molar refractivity (Wildman–Crippen MR) is 111 cm³/mol. The van der Waals surface area contributed by atoms with Crippen LogP contribution in [0.5, 0.6) is 0 Å². The number of nitrogens with zero attached hydrogens (tertiary/aromatic N) is 4. The number of thiophene rings is 1. The van der Waals surface area contributed by atoms with Crippen LogP contribution in [0.25, 0.3) is 15.3 Å². The van der Waals surface area contributed by atoms with Crippen molar-refractivity contribution in [2.45, 2.75) is 12.7 Å². The topological polar surface area (TPSA) is 40.9 Å². The van der Waals surface area contributed by atoms with E-state index in [0.717, 1.165) is 21.4 Å². The molecule has 0 N–H and O–H groups in total. The molecule has 5 rings (SSSR count). The maximum atomic E-state index is 12.9. The van der Waals surface area contributed by atoms with E-state index in [2.05, 4.69) is 9.88 Å². The van der Waals surface area contributed by atoms with E-state index < -0.39 is 11.7 Å². The summed E-state index contributed by atoms with van der Waals surface area (Å²) in [6.07, 6.45) is -2.39. The molecule has 0 atom stereocenters. The summed E-state index contributed by atoms with van der Waals surface area (Å²) in [4.78, 5) is 23.8. The predicted octanol–water partition coefficient (Wildman–Crippen LogP) is 4.59. The van der Waals surface area contributed by atoms with Gasteiger partial charge in [0.05, 0.1) is 16.0 Å². The summed E-state index contributed by atoms with van der Waals surface area (Å²) in [5.41, 5.74) is 0.948. The summed E-state index contributed by atoms with van der Waals surface area (Å²) < 4.78 is 40.7. The summed E-state index contributed by atoms with van der Waals surface area (Å²) in [6.45, 7) is 2.79. The molecular weight excluding hydrogens is 433 g/mol. The number of imidazole rings is 1. The number of piperazine rings is 1. The molecule has 5 nitrogen and oxygen atoms in total. The van der Waals surface area contributed by atoms with Gasteiger partial charge in [-0.05, 0) is 17.7 Å². The van der Waals surface area contributed by atoms with E-state index in [1.165, 1.54) is 23.5 Å². The molecule has 10 heteroatoms. The highest BCUT2D eigenvalue weighted by molar-refractivity contribution is 7.21. The Labute approximate surface area is 178 Å². The first-order valence-corrected chi connectivity index (χ1v) is 11.1. The highest BCUT2D eigenvalue weighted by Crippen LogP contribution is 2.31. The first-order valence-electron chi connectivity index (χ1n) is 9.41. The summed E-state index contributed by atoms with van der Waals surface area (Å²) in [5, 5.41) is 1.96. The van der Waals surface area contributed by atoms with E-state index in [9.17, 15) is 18.0 Å². The Morgan fingerprint density at radius 3 is 2.70 bits per heavy atom. The molecule has 30 heavy (non-hydrogen) atoms. The van der Waals surface area contributed by atoms with E-state index in [1.807, 2.05) is 26.9 Å². The number of hydrogen-bond acceptors (Lipinski definition) is 5. The molecule has 0 bridgehead atoms. The van der Waals surface area contributed by atoms with Crippen molar-refractivity contribution in [2.24, 2.45) is 0 Å². The zero-order valence-electron chi connectivity index (χ0n) is 15.7. The normalized spacial score (nSPS) is 16.0. The third-order valence-electron chi connectivity index (χ3n) is 5.27. The fourth-order valence-electron chi connectivity index (χ4n) is 3.72. The van der Waals surface area contributed by atoms with Gasteiger partial charge in [0.25, 0.3) is 5.91 Å². The molecule has 1 aliphatic heterocycles. The number of amides is 1. The van der Waals surface area contributed by atoms with Gasteiger partial charge in [0.1, 0.15) is 4.83 Å². The lowest BCUT2D eigenvalue weighted by molar-refractivity contribution is -0.137. The second-order valence-corrected chi connectivity index (χ2v) is 9.14. The Morgan fingerprint density at radius 2 is 1.93 bits per heavy atom. The summed E-state index contributed by atoms with van der Waals surface area (Å²) in [7, 11) is 0. The molecule has 0 saturated carbocycles. The van der Waals surface area contributed by atoms with Crippen molar-refractivity contribution >= 4 is 43.9 Å². The van der Waals surface area contributed by atoms with Crippen LogP contribution in [0.1, 0.15) is 20.8 Å². The van der Waals surface area contributed by atoms with Crippen molar-refractivity contribution in [1.29, 1.82) is 0 Å². The lowest BCUT2D eigenvalue weighted by Crippen LogP contribution is -2.48. The summed E-state index contributed by atoms with van der Waals surface area (Å²) in [6, 6.07) is 7.33. The van der Waals surface area contributed by atoms with Crippen LogP contribution in [0, 0.1) is 0 Å². The van der Waals surface area contributed by atoms with Crippen LogP contribution >= 0.6 is 22.7 Å². The molecule has 156 valence electrons. The van der Waals surface area contributed by atoms with Gasteiger partial charge in [-0.3, -0.25) is 14.1 Å². The minimum absolute atomic E-state index is 0.0132. The second-order valence-electron chi connectivity index (χ2n) is 7.23. The number of hydrogen-bond donors (Lipinski definition) is 0. The van der Waals surface area contributed by atoms with Gasteiger partial charge in [-0.1, -0.05) is 18.2 Å². The van der Waals surface area contributed by atoms with Crippen LogP contribution in [-0.4, -0.2) is 51.3 Å². The van der Waals surface area contributed by atoms with Crippen molar-refractivity contribution in [3.63, 3.8) is 0 Å². The second kappa shape index (κ2) is 7.36. The minimum atomic E-state index is -4.34. The van der Waals surface area contributed by atoms with Gasteiger partial charge in [0.2, 0.25) is 0 Å². The molecular formula is C20H17F3N4OS2. The monoisotopic (exact) mass is 450 g/mol. The zero-order valence-corrected chi connectivity index (χ0v) is 17.4. The fraction of sp³-hybridized carbons (Fsp3) is 0.300. The van der Waals surface area contributed by atoms with Crippen LogP contribution in [0.2, 0.25) is 0 Å². The summed E-state index contributed by atoms with van der Waals surface area (Å²) in [5.74, 6) is -0.0132. The van der Waals surface area contributed by atoms with Gasteiger partial charge in [0, 0.05) is 44.3 Å². The molecule has 3 aromatic heterocycles. The Kier molecular flexibility index (Phi) is 4.79. The third-order valence-corrected chi connectivity index (χ3v) is 7.03. The highest BCUT2D eigenvalue weighted by Gasteiger charge is 2.30. The van der Waals surface area contributed by atoms with Crippen LogP contribution in [0.3, 0.4) is 0 Å². The number of thiazole rings is 1. The van der Waals surface area contributed by atoms with Gasteiger partial charge >= 0.3 is 6.18 Å². The van der Waals surface area contributed by atoms with Crippen LogP contribution in [0.4, 0.5) is 13.2 Å². The molecule has 1 aliphatic rings. The Balaban J connectivity index is 1.23. The van der Waals surface area contributed by atoms with Crippen LogP contribution < -0.4 is 0 Å². The minimum Gasteiger partial charge on any atom is -0.335 e. The van der Waals surface area contributed by atoms with Gasteiger partial charge in [-0.25, -0.2) is 4.98 Å². The number of aromatic nitrogens is 2. The largest absolute Gasteiger partial charge is 0.416 e. The van der Waals surface area contributed by atoms with E-state index in [0.29, 0.717) is 43.2 Å². The lowest BCUT2D eigenvalue weighted by Gasteiger charge is -2.34. The SMILES string of the molecule is O=C(c1cc2c(nc3sccn32)s1)N1CCN(Cc2cccc(C(F)(F)F)c2)CC1. The van der Waals surface area contributed by atoms with Crippen molar-refractivity contribution in [2.75, 3.05) is 26.2 Å². The van der Waals surface area contributed by atoms with Gasteiger partial charge < -0.3 is 4.90 Å². The maximum absolute atomic E-state index is 12.9. The highest BCUT2D eigenvalue weighted by atomic mass is 32.1. The quantitative estimate of drug-likeness (QED) is 0.459. The standard InChI is InChI=1S/C20H17F3N4OS2/c21-20(22,23)14-3-1-2-13(10-14)12-25-4-6-26(7-5-25)18(28)16-11-15-17(30-16)24-19-27(15)8-9-29-19/h1-3,8-11H,4-7,12H2. The average molecular weight is 451 g/mol. The third kappa shape index (κ3) is 3.59. The van der Waals surface area contributed by atoms with Crippen molar-refractivity contribution in [3.8, 4) is 0 Å². The Bertz CT molecular complexity index is 1220. The molecule has 1 aromatic carbocycles. The first kappa shape index (κ1) is 19.5. The van der Waals surface area contributed by atoms with Crippen LogP contribution in [0.15, 0.2) is 41.9 Å². The van der Waals surface area contributed by atoms with Crippen molar-refractivity contribution < 1.29 is 18.0 Å². The number of alkyl halides is 3. The zero-order chi connectivity index (χ0) is 20.9. The Morgan fingerprint density at radius 1 is 1.13 bits per heavy atom. The molecule has 0 spiro atoms. The number of carbonyl (C=O) groups is 1. The maximum Gasteiger partial charge on any atom is 0.416 e. The molecule has 1 fully saturated rings. The number of rotatable bonds is 3. The average Bonchev–Trinajstić information content (AvgIpc) is 3.40. The van der Waals surface area contributed by atoms with E-state index in [1.54, 1.807) is 17.4 Å². The van der Waals surface area contributed by atoms with Gasteiger partial charge in [-0.2, -0.15) is 13.2 Å². The van der Waals surface area contributed by atoms with E-state index in [4.69, 9.17) is 0 Å². The first-order chi connectivity index (χ1) is 14.4. The molecule has 4 heterocycles.